The molecule has 0 fully saturated rings. The van der Waals surface area contributed by atoms with Crippen LogP contribution in [0.3, 0.4) is 0 Å². The molecule has 2 aliphatic heterocycles. The Bertz CT molecular complexity index is 845. The Morgan fingerprint density at radius 2 is 1.82 bits per heavy atom. The van der Waals surface area contributed by atoms with E-state index in [2.05, 4.69) is 0 Å². The molecule has 2 aromatic rings. The minimum absolute atomic E-state index is 0.244. The lowest BCUT2D eigenvalue weighted by Gasteiger charge is -2.26. The van der Waals surface area contributed by atoms with Gasteiger partial charge in [0.05, 0.1) is 13.2 Å². The van der Waals surface area contributed by atoms with Gasteiger partial charge in [-0.15, -0.1) is 0 Å². The van der Waals surface area contributed by atoms with Crippen LogP contribution in [-0.2, 0) is 16.0 Å². The molecule has 0 saturated carbocycles. The summed E-state index contributed by atoms with van der Waals surface area (Å²) >= 11 is 0. The molecular weight excluding hydrogens is 360 g/mol. The van der Waals surface area contributed by atoms with E-state index in [-0.39, 0.29) is 18.7 Å². The molecule has 2 heterocycles. The van der Waals surface area contributed by atoms with E-state index in [4.69, 9.17) is 23.7 Å². The van der Waals surface area contributed by atoms with Crippen LogP contribution in [0, 0.1) is 0 Å². The molecule has 0 radical (unpaired) electrons. The van der Waals surface area contributed by atoms with Gasteiger partial charge in [-0.05, 0) is 49.1 Å². The van der Waals surface area contributed by atoms with Gasteiger partial charge < -0.3 is 23.7 Å². The monoisotopic (exact) mass is 384 g/mol. The van der Waals surface area contributed by atoms with E-state index < -0.39 is 6.10 Å². The van der Waals surface area contributed by atoms with Gasteiger partial charge in [0.15, 0.2) is 17.6 Å². The van der Waals surface area contributed by atoms with Crippen molar-refractivity contribution in [1.29, 1.82) is 0 Å². The van der Waals surface area contributed by atoms with Crippen LogP contribution < -0.4 is 18.9 Å². The van der Waals surface area contributed by atoms with Gasteiger partial charge in [-0.2, -0.15) is 0 Å². The number of carbonyl (C=O) groups excluding carboxylic acids is 1. The molecule has 4 rings (SSSR count). The number of hydrogen-bond acceptors (Lipinski definition) is 6. The first kappa shape index (κ1) is 18.5. The summed E-state index contributed by atoms with van der Waals surface area (Å²) in [6, 6.07) is 11.8. The van der Waals surface area contributed by atoms with Crippen molar-refractivity contribution in [3.05, 3.63) is 47.5 Å². The number of benzene rings is 2. The highest BCUT2D eigenvalue weighted by atomic mass is 16.7. The third-order valence-electron chi connectivity index (χ3n) is 5.01. The van der Waals surface area contributed by atoms with Crippen molar-refractivity contribution in [2.24, 2.45) is 0 Å². The highest BCUT2D eigenvalue weighted by Crippen LogP contribution is 2.42. The average molecular weight is 384 g/mol. The Morgan fingerprint density at radius 1 is 1.07 bits per heavy atom. The standard InChI is InChI=1S/C22H24O6/c1-3-18(22(23)24-4-2)28-17-7-5-14(6-8-17)16-9-15-10-20-21(27-13-26-20)11-19(15)25-12-16/h5-8,10-11,16,18H,3-4,9,12-13H2,1-2H3. The third-order valence-corrected chi connectivity index (χ3v) is 5.01. The van der Waals surface area contributed by atoms with Crippen molar-refractivity contribution < 1.29 is 28.5 Å². The molecule has 6 heteroatoms. The lowest BCUT2D eigenvalue weighted by molar-refractivity contribution is -0.151. The SMILES string of the molecule is CCOC(=O)C(CC)Oc1ccc(C2COc3cc4c(cc3C2)OCO4)cc1. The number of carbonyl (C=O) groups is 1. The quantitative estimate of drug-likeness (QED) is 0.705. The Kier molecular flexibility index (Phi) is 5.28. The molecule has 0 spiro atoms. The van der Waals surface area contributed by atoms with Crippen molar-refractivity contribution in [2.75, 3.05) is 20.0 Å². The van der Waals surface area contributed by atoms with Gasteiger partial charge in [0.1, 0.15) is 11.5 Å². The molecule has 2 aromatic carbocycles. The summed E-state index contributed by atoms with van der Waals surface area (Å²) in [4.78, 5) is 11.9. The molecular formula is C22H24O6. The van der Waals surface area contributed by atoms with Gasteiger partial charge in [0, 0.05) is 12.0 Å². The topological polar surface area (TPSA) is 63.2 Å². The van der Waals surface area contributed by atoms with Crippen LogP contribution in [0.15, 0.2) is 36.4 Å². The smallest absolute Gasteiger partial charge is 0.347 e. The minimum atomic E-state index is -0.583. The first-order chi connectivity index (χ1) is 13.7. The lowest BCUT2D eigenvalue weighted by atomic mass is 9.90. The molecule has 6 nitrogen and oxygen atoms in total. The molecule has 2 aliphatic rings. The van der Waals surface area contributed by atoms with Crippen LogP contribution in [0.5, 0.6) is 23.0 Å². The first-order valence-electron chi connectivity index (χ1n) is 9.66. The molecule has 0 saturated heterocycles. The van der Waals surface area contributed by atoms with E-state index in [1.165, 1.54) is 5.56 Å². The maximum atomic E-state index is 11.9. The van der Waals surface area contributed by atoms with Gasteiger partial charge in [0.2, 0.25) is 6.79 Å². The Balaban J connectivity index is 1.44. The number of fused-ring (bicyclic) bond motifs is 2. The van der Waals surface area contributed by atoms with Gasteiger partial charge in [-0.1, -0.05) is 19.1 Å². The van der Waals surface area contributed by atoms with Gasteiger partial charge in [-0.25, -0.2) is 4.79 Å². The molecule has 28 heavy (non-hydrogen) atoms. The minimum Gasteiger partial charge on any atom is -0.493 e. The van der Waals surface area contributed by atoms with E-state index in [9.17, 15) is 4.79 Å². The van der Waals surface area contributed by atoms with Crippen molar-refractivity contribution in [2.45, 2.75) is 38.7 Å². The fourth-order valence-electron chi connectivity index (χ4n) is 3.50. The second-order valence-corrected chi connectivity index (χ2v) is 6.86. The molecule has 0 aromatic heterocycles. The Labute approximate surface area is 164 Å². The van der Waals surface area contributed by atoms with Gasteiger partial charge in [0.25, 0.3) is 0 Å². The van der Waals surface area contributed by atoms with E-state index in [1.54, 1.807) is 6.92 Å². The zero-order valence-electron chi connectivity index (χ0n) is 16.1. The molecule has 0 bridgehead atoms. The van der Waals surface area contributed by atoms with Crippen molar-refractivity contribution in [3.63, 3.8) is 0 Å². The van der Waals surface area contributed by atoms with Crippen LogP contribution in [0.1, 0.15) is 37.3 Å². The molecule has 2 unspecified atom stereocenters. The largest absolute Gasteiger partial charge is 0.493 e. The fraction of sp³-hybridized carbons (Fsp3) is 0.409. The highest BCUT2D eigenvalue weighted by Gasteiger charge is 2.26. The molecule has 0 aliphatic carbocycles. The summed E-state index contributed by atoms with van der Waals surface area (Å²) in [6.07, 6.45) is 0.844. The number of esters is 1. The van der Waals surface area contributed by atoms with Crippen LogP contribution >= 0.6 is 0 Å². The van der Waals surface area contributed by atoms with Crippen LogP contribution in [0.25, 0.3) is 0 Å². The number of rotatable bonds is 6. The Hall–Kier alpha value is -2.89. The second kappa shape index (κ2) is 8.00. The van der Waals surface area contributed by atoms with E-state index in [0.717, 1.165) is 29.2 Å². The predicted octanol–water partition coefficient (Wildman–Crippen LogP) is 3.85. The lowest BCUT2D eigenvalue weighted by Crippen LogP contribution is -2.28. The molecule has 0 N–H and O–H groups in total. The fourth-order valence-corrected chi connectivity index (χ4v) is 3.50. The van der Waals surface area contributed by atoms with Gasteiger partial charge >= 0.3 is 5.97 Å². The number of ether oxygens (including phenoxy) is 5. The van der Waals surface area contributed by atoms with Crippen molar-refractivity contribution in [1.82, 2.24) is 0 Å². The van der Waals surface area contributed by atoms with Crippen LogP contribution in [0.2, 0.25) is 0 Å². The maximum absolute atomic E-state index is 11.9. The van der Waals surface area contributed by atoms with Crippen LogP contribution in [-0.4, -0.2) is 32.1 Å². The highest BCUT2D eigenvalue weighted by molar-refractivity contribution is 5.75. The molecule has 0 amide bonds. The molecule has 2 atom stereocenters. The summed E-state index contributed by atoms with van der Waals surface area (Å²) in [7, 11) is 0. The molecule has 148 valence electrons. The number of hydrogen-bond donors (Lipinski definition) is 0. The average Bonchev–Trinajstić information content (AvgIpc) is 3.17. The summed E-state index contributed by atoms with van der Waals surface area (Å²) < 4.78 is 27.7. The zero-order valence-corrected chi connectivity index (χ0v) is 16.1. The predicted molar refractivity (Wildman–Crippen MR) is 102 cm³/mol. The van der Waals surface area contributed by atoms with Crippen LogP contribution in [0.4, 0.5) is 0 Å². The van der Waals surface area contributed by atoms with Gasteiger partial charge in [-0.3, -0.25) is 0 Å². The maximum Gasteiger partial charge on any atom is 0.347 e. The summed E-state index contributed by atoms with van der Waals surface area (Å²) in [5.74, 6) is 2.95. The Morgan fingerprint density at radius 3 is 2.54 bits per heavy atom. The second-order valence-electron chi connectivity index (χ2n) is 6.86. The van der Waals surface area contributed by atoms with E-state index in [0.29, 0.717) is 25.4 Å². The van der Waals surface area contributed by atoms with Crippen molar-refractivity contribution in [3.8, 4) is 23.0 Å². The summed E-state index contributed by atoms with van der Waals surface area (Å²) in [5.41, 5.74) is 2.29. The van der Waals surface area contributed by atoms with E-state index >= 15 is 0 Å². The first-order valence-corrected chi connectivity index (χ1v) is 9.66. The van der Waals surface area contributed by atoms with Crippen molar-refractivity contribution >= 4 is 5.97 Å². The normalized spacial score (nSPS) is 18.0. The third kappa shape index (κ3) is 3.72. The summed E-state index contributed by atoms with van der Waals surface area (Å²) in [6.45, 7) is 4.90. The summed E-state index contributed by atoms with van der Waals surface area (Å²) in [5, 5.41) is 0. The zero-order chi connectivity index (χ0) is 19.5. The van der Waals surface area contributed by atoms with E-state index in [1.807, 2.05) is 43.3 Å².